The number of esters is 2. The van der Waals surface area contributed by atoms with Crippen LogP contribution in [0, 0.1) is 0 Å². The van der Waals surface area contributed by atoms with Gasteiger partial charge in [0, 0.05) is 5.69 Å². The maximum atomic E-state index is 11.5. The molecule has 0 aromatic heterocycles. The number of benzene rings is 1. The van der Waals surface area contributed by atoms with Crippen LogP contribution in [0.2, 0.25) is 0 Å². The van der Waals surface area contributed by atoms with E-state index in [-0.39, 0.29) is 11.3 Å². The van der Waals surface area contributed by atoms with Crippen molar-refractivity contribution >= 4 is 23.6 Å². The molecule has 0 atom stereocenters. The fourth-order valence-corrected chi connectivity index (χ4v) is 1.32. The summed E-state index contributed by atoms with van der Waals surface area (Å²) in [5.74, 6) is -2.63. The van der Waals surface area contributed by atoms with Gasteiger partial charge in [-0.2, -0.15) is 0 Å². The Balaban J connectivity index is 3.04. The molecule has 0 saturated carbocycles. The van der Waals surface area contributed by atoms with E-state index in [1.165, 1.54) is 25.3 Å². The third-order valence-corrected chi connectivity index (χ3v) is 2.26. The fraction of sp³-hybridized carbons (Fsp3) is 0.154. The molecule has 20 heavy (non-hydrogen) atoms. The number of hydrogen-bond donors (Lipinski definition) is 2. The van der Waals surface area contributed by atoms with Crippen molar-refractivity contribution in [1.29, 1.82) is 0 Å². The average molecular weight is 279 g/mol. The second-order valence-electron chi connectivity index (χ2n) is 3.58. The van der Waals surface area contributed by atoms with E-state index in [1.807, 2.05) is 0 Å². The maximum absolute atomic E-state index is 11.5. The summed E-state index contributed by atoms with van der Waals surface area (Å²) in [4.78, 5) is 33.5. The van der Waals surface area contributed by atoms with Gasteiger partial charge in [0.2, 0.25) is 0 Å². The molecule has 2 N–H and O–H groups in total. The molecule has 1 rings (SSSR count). The van der Waals surface area contributed by atoms with Crippen molar-refractivity contribution in [2.45, 2.75) is 0 Å². The Morgan fingerprint density at radius 1 is 1.20 bits per heavy atom. The van der Waals surface area contributed by atoms with Gasteiger partial charge in [-0.1, -0.05) is 6.07 Å². The zero-order valence-corrected chi connectivity index (χ0v) is 10.9. The van der Waals surface area contributed by atoms with Gasteiger partial charge in [0.05, 0.1) is 25.9 Å². The van der Waals surface area contributed by atoms with E-state index in [0.717, 1.165) is 13.2 Å². The number of carboxylic acids is 1. The number of carboxylic acid groups (broad SMARTS) is 1. The number of rotatable bonds is 5. The molecule has 0 aliphatic heterocycles. The molecule has 7 nitrogen and oxygen atoms in total. The van der Waals surface area contributed by atoms with Crippen molar-refractivity contribution in [2.75, 3.05) is 19.5 Å². The van der Waals surface area contributed by atoms with E-state index >= 15 is 0 Å². The minimum atomic E-state index is -1.11. The van der Waals surface area contributed by atoms with Crippen molar-refractivity contribution in [1.82, 2.24) is 0 Å². The maximum Gasteiger partial charge on any atom is 0.354 e. The Labute approximate surface area is 114 Å². The van der Waals surface area contributed by atoms with Crippen molar-refractivity contribution in [2.24, 2.45) is 0 Å². The SMILES string of the molecule is COC(=O)/C=C(/Nc1cccc(C(=O)O)c1)C(=O)OC. The molecule has 106 valence electrons. The minimum absolute atomic E-state index is 0.0392. The zero-order valence-electron chi connectivity index (χ0n) is 10.9. The Bertz CT molecular complexity index is 564. The van der Waals surface area contributed by atoms with Crippen LogP contribution < -0.4 is 5.32 Å². The second-order valence-corrected chi connectivity index (χ2v) is 3.58. The molecule has 0 amide bonds. The number of methoxy groups -OCH3 is 2. The van der Waals surface area contributed by atoms with Crippen molar-refractivity contribution in [3.63, 3.8) is 0 Å². The topological polar surface area (TPSA) is 102 Å². The number of nitrogens with one attached hydrogen (secondary N) is 1. The van der Waals surface area contributed by atoms with Gasteiger partial charge >= 0.3 is 17.9 Å². The molecule has 0 unspecified atom stereocenters. The summed E-state index contributed by atoms with van der Waals surface area (Å²) in [5, 5.41) is 11.5. The normalized spacial score (nSPS) is 10.6. The highest BCUT2D eigenvalue weighted by Gasteiger charge is 2.13. The van der Waals surface area contributed by atoms with Gasteiger partial charge in [-0.25, -0.2) is 14.4 Å². The lowest BCUT2D eigenvalue weighted by atomic mass is 10.2. The first-order chi connectivity index (χ1) is 9.47. The van der Waals surface area contributed by atoms with Crippen molar-refractivity contribution in [3.8, 4) is 0 Å². The van der Waals surface area contributed by atoms with E-state index in [9.17, 15) is 14.4 Å². The highest BCUT2D eigenvalue weighted by Crippen LogP contribution is 2.14. The van der Waals surface area contributed by atoms with Crippen LogP contribution in [0.5, 0.6) is 0 Å². The van der Waals surface area contributed by atoms with Gasteiger partial charge in [-0.3, -0.25) is 0 Å². The molecule has 1 aromatic carbocycles. The summed E-state index contributed by atoms with van der Waals surface area (Å²) in [6, 6.07) is 5.76. The molecule has 1 aromatic rings. The molecule has 0 heterocycles. The largest absolute Gasteiger partial charge is 0.478 e. The predicted molar refractivity (Wildman–Crippen MR) is 69.1 cm³/mol. The summed E-state index contributed by atoms with van der Waals surface area (Å²) >= 11 is 0. The Morgan fingerprint density at radius 3 is 2.45 bits per heavy atom. The van der Waals surface area contributed by atoms with Crippen LogP contribution in [-0.2, 0) is 19.1 Å². The first kappa shape index (κ1) is 15.2. The summed E-state index contributed by atoms with van der Waals surface area (Å²) in [7, 11) is 2.32. The monoisotopic (exact) mass is 279 g/mol. The van der Waals surface area contributed by atoms with E-state index < -0.39 is 17.9 Å². The fourth-order valence-electron chi connectivity index (χ4n) is 1.32. The molecule has 0 saturated heterocycles. The third kappa shape index (κ3) is 4.13. The summed E-state index contributed by atoms with van der Waals surface area (Å²) < 4.78 is 8.93. The van der Waals surface area contributed by atoms with Gasteiger partial charge in [0.1, 0.15) is 5.70 Å². The number of hydrogen-bond acceptors (Lipinski definition) is 6. The summed E-state index contributed by atoms with van der Waals surface area (Å²) in [6.07, 6.45) is 0.916. The summed E-state index contributed by atoms with van der Waals surface area (Å²) in [6.45, 7) is 0. The van der Waals surface area contributed by atoms with Crippen LogP contribution in [0.3, 0.4) is 0 Å². The highest BCUT2D eigenvalue weighted by molar-refractivity contribution is 5.99. The van der Waals surface area contributed by atoms with Gasteiger partial charge in [-0.05, 0) is 18.2 Å². The minimum Gasteiger partial charge on any atom is -0.478 e. The first-order valence-electron chi connectivity index (χ1n) is 5.46. The van der Waals surface area contributed by atoms with Crippen LogP contribution in [-0.4, -0.2) is 37.2 Å². The zero-order chi connectivity index (χ0) is 15.1. The smallest absolute Gasteiger partial charge is 0.354 e. The highest BCUT2D eigenvalue weighted by atomic mass is 16.5. The van der Waals surface area contributed by atoms with Gasteiger partial charge in [0.15, 0.2) is 0 Å². The molecule has 7 heteroatoms. The number of carbonyl (C=O) groups is 3. The van der Waals surface area contributed by atoms with E-state index in [1.54, 1.807) is 6.07 Å². The number of anilines is 1. The number of ether oxygens (including phenoxy) is 2. The molecule has 0 bridgehead atoms. The Kier molecular flexibility index (Phi) is 5.28. The molecular weight excluding hydrogens is 266 g/mol. The quantitative estimate of drug-likeness (QED) is 0.613. The van der Waals surface area contributed by atoms with Crippen molar-refractivity contribution < 1.29 is 29.0 Å². The molecule has 0 aliphatic carbocycles. The predicted octanol–water partition coefficient (Wildman–Crippen LogP) is 1.03. The average Bonchev–Trinajstić information content (AvgIpc) is 2.45. The molecule has 0 spiro atoms. The summed E-state index contributed by atoms with van der Waals surface area (Å²) in [5.41, 5.74) is 0.199. The van der Waals surface area contributed by atoms with Gasteiger partial charge in [0.25, 0.3) is 0 Å². The van der Waals surface area contributed by atoms with Crippen LogP contribution in [0.15, 0.2) is 36.0 Å². The van der Waals surface area contributed by atoms with E-state index in [2.05, 4.69) is 14.8 Å². The number of carbonyl (C=O) groups excluding carboxylic acids is 2. The van der Waals surface area contributed by atoms with Crippen LogP contribution in [0.25, 0.3) is 0 Å². The van der Waals surface area contributed by atoms with Crippen LogP contribution >= 0.6 is 0 Å². The van der Waals surface area contributed by atoms with Gasteiger partial charge < -0.3 is 19.9 Å². The Hall–Kier alpha value is -2.83. The second kappa shape index (κ2) is 6.93. The van der Waals surface area contributed by atoms with Crippen LogP contribution in [0.4, 0.5) is 5.69 Å². The number of aromatic carboxylic acids is 1. The third-order valence-electron chi connectivity index (χ3n) is 2.26. The van der Waals surface area contributed by atoms with Crippen molar-refractivity contribution in [3.05, 3.63) is 41.6 Å². The standard InChI is InChI=1S/C13H13NO6/c1-19-11(15)7-10(13(18)20-2)14-9-5-3-4-8(6-9)12(16)17/h3-7,14H,1-2H3,(H,16,17)/b10-7+. The lowest BCUT2D eigenvalue weighted by Gasteiger charge is -2.09. The van der Waals surface area contributed by atoms with E-state index in [0.29, 0.717) is 5.69 Å². The molecule has 0 fully saturated rings. The molecule has 0 radical (unpaired) electrons. The van der Waals surface area contributed by atoms with Crippen LogP contribution in [0.1, 0.15) is 10.4 Å². The van der Waals surface area contributed by atoms with Gasteiger partial charge in [-0.15, -0.1) is 0 Å². The molecular formula is C13H13NO6. The lowest BCUT2D eigenvalue weighted by Crippen LogP contribution is -2.15. The lowest BCUT2D eigenvalue weighted by molar-refractivity contribution is -0.138. The molecule has 0 aliphatic rings. The first-order valence-corrected chi connectivity index (χ1v) is 5.46. The van der Waals surface area contributed by atoms with E-state index in [4.69, 9.17) is 5.11 Å². The Morgan fingerprint density at radius 2 is 1.90 bits per heavy atom.